The molecular formula is C17H14Cl2O2. The van der Waals surface area contributed by atoms with Gasteiger partial charge in [-0.15, -0.1) is 0 Å². The highest BCUT2D eigenvalue weighted by Gasteiger charge is 2.08. The SMILES string of the molecule is OCCC#Cc1ccccc1COc1c(Cl)cccc1Cl. The molecule has 0 aliphatic carbocycles. The van der Waals surface area contributed by atoms with Crippen LogP contribution in [0.4, 0.5) is 0 Å². The summed E-state index contributed by atoms with van der Waals surface area (Å²) >= 11 is 12.1. The van der Waals surface area contributed by atoms with Crippen LogP contribution in [0.1, 0.15) is 17.5 Å². The summed E-state index contributed by atoms with van der Waals surface area (Å²) in [7, 11) is 0. The Morgan fingerprint density at radius 3 is 2.43 bits per heavy atom. The zero-order valence-electron chi connectivity index (χ0n) is 11.3. The topological polar surface area (TPSA) is 29.5 Å². The standard InChI is InChI=1S/C17H14Cl2O2/c18-15-9-5-10-16(19)17(15)21-12-14-8-2-1-6-13(14)7-3-4-11-20/h1-2,5-6,8-10,20H,4,11-12H2. The van der Waals surface area contributed by atoms with E-state index in [0.717, 1.165) is 11.1 Å². The van der Waals surface area contributed by atoms with Gasteiger partial charge in [-0.25, -0.2) is 0 Å². The maximum Gasteiger partial charge on any atom is 0.156 e. The molecule has 0 amide bonds. The summed E-state index contributed by atoms with van der Waals surface area (Å²) in [5.74, 6) is 6.40. The highest BCUT2D eigenvalue weighted by atomic mass is 35.5. The van der Waals surface area contributed by atoms with Gasteiger partial charge in [-0.05, 0) is 18.2 Å². The maximum absolute atomic E-state index is 8.77. The van der Waals surface area contributed by atoms with E-state index in [1.165, 1.54) is 0 Å². The first-order chi connectivity index (χ1) is 10.2. The van der Waals surface area contributed by atoms with E-state index < -0.39 is 0 Å². The van der Waals surface area contributed by atoms with Crippen LogP contribution >= 0.6 is 23.2 Å². The zero-order valence-corrected chi connectivity index (χ0v) is 12.8. The van der Waals surface area contributed by atoms with E-state index in [1.807, 2.05) is 24.3 Å². The van der Waals surface area contributed by atoms with Gasteiger partial charge in [0.1, 0.15) is 6.61 Å². The van der Waals surface area contributed by atoms with Crippen LogP contribution in [0.3, 0.4) is 0 Å². The van der Waals surface area contributed by atoms with Crippen molar-refractivity contribution in [2.75, 3.05) is 6.61 Å². The van der Waals surface area contributed by atoms with Crippen molar-refractivity contribution in [2.24, 2.45) is 0 Å². The number of para-hydroxylation sites is 1. The molecule has 0 atom stereocenters. The number of aliphatic hydroxyl groups is 1. The van der Waals surface area contributed by atoms with E-state index in [2.05, 4.69) is 11.8 Å². The number of hydrogen-bond donors (Lipinski definition) is 1. The summed E-state index contributed by atoms with van der Waals surface area (Å²) in [4.78, 5) is 0. The Hall–Kier alpha value is -1.66. The molecule has 0 saturated carbocycles. The Kier molecular flexibility index (Phi) is 5.95. The second-order valence-corrected chi connectivity index (χ2v) is 5.09. The van der Waals surface area contributed by atoms with Gasteiger partial charge in [0.25, 0.3) is 0 Å². The van der Waals surface area contributed by atoms with Crippen molar-refractivity contribution in [3.8, 4) is 17.6 Å². The van der Waals surface area contributed by atoms with Crippen molar-refractivity contribution >= 4 is 23.2 Å². The van der Waals surface area contributed by atoms with Gasteiger partial charge < -0.3 is 9.84 Å². The molecule has 2 nitrogen and oxygen atoms in total. The van der Waals surface area contributed by atoms with Gasteiger partial charge >= 0.3 is 0 Å². The Bertz CT molecular complexity index is 652. The van der Waals surface area contributed by atoms with Gasteiger partial charge in [-0.2, -0.15) is 0 Å². The van der Waals surface area contributed by atoms with E-state index in [0.29, 0.717) is 28.8 Å². The Morgan fingerprint density at radius 1 is 1.00 bits per heavy atom. The minimum absolute atomic E-state index is 0.0564. The summed E-state index contributed by atoms with van der Waals surface area (Å²) in [6.07, 6.45) is 0.450. The first kappa shape index (κ1) is 15.7. The number of aliphatic hydroxyl groups excluding tert-OH is 1. The number of rotatable bonds is 4. The molecule has 0 fully saturated rings. The monoisotopic (exact) mass is 320 g/mol. The van der Waals surface area contributed by atoms with Crippen LogP contribution < -0.4 is 4.74 Å². The molecular weight excluding hydrogens is 307 g/mol. The molecule has 0 aliphatic rings. The summed E-state index contributed by atoms with van der Waals surface area (Å²) in [6, 6.07) is 12.9. The van der Waals surface area contributed by atoms with Crippen LogP contribution in [0.25, 0.3) is 0 Å². The first-order valence-electron chi connectivity index (χ1n) is 6.47. The third-order valence-electron chi connectivity index (χ3n) is 2.77. The Labute approximate surface area is 134 Å². The predicted molar refractivity (Wildman–Crippen MR) is 85.8 cm³/mol. The second kappa shape index (κ2) is 7.95. The van der Waals surface area contributed by atoms with Gasteiger partial charge in [0.05, 0.1) is 16.7 Å². The van der Waals surface area contributed by atoms with Crippen LogP contribution in [0.5, 0.6) is 5.75 Å². The molecule has 0 aromatic heterocycles. The lowest BCUT2D eigenvalue weighted by Gasteiger charge is -2.10. The lowest BCUT2D eigenvalue weighted by Crippen LogP contribution is -1.99. The number of benzene rings is 2. The molecule has 2 aromatic rings. The molecule has 2 aromatic carbocycles. The van der Waals surface area contributed by atoms with Gasteiger partial charge in [-0.3, -0.25) is 0 Å². The van der Waals surface area contributed by atoms with Gasteiger partial charge in [0, 0.05) is 17.5 Å². The average Bonchev–Trinajstić information content (AvgIpc) is 2.48. The molecule has 0 saturated heterocycles. The van der Waals surface area contributed by atoms with Crippen molar-refractivity contribution in [1.29, 1.82) is 0 Å². The van der Waals surface area contributed by atoms with Crippen molar-refractivity contribution < 1.29 is 9.84 Å². The minimum atomic E-state index is 0.0564. The Balaban J connectivity index is 2.16. The van der Waals surface area contributed by atoms with Crippen LogP contribution in [-0.4, -0.2) is 11.7 Å². The van der Waals surface area contributed by atoms with E-state index in [1.54, 1.807) is 18.2 Å². The summed E-state index contributed by atoms with van der Waals surface area (Å²) in [5, 5.41) is 9.73. The molecule has 108 valence electrons. The third-order valence-corrected chi connectivity index (χ3v) is 3.36. The maximum atomic E-state index is 8.77. The van der Waals surface area contributed by atoms with Crippen molar-refractivity contribution in [3.05, 3.63) is 63.6 Å². The van der Waals surface area contributed by atoms with Crippen LogP contribution in [-0.2, 0) is 6.61 Å². The molecule has 0 aliphatic heterocycles. The van der Waals surface area contributed by atoms with Crippen LogP contribution in [0, 0.1) is 11.8 Å². The fourth-order valence-electron chi connectivity index (χ4n) is 1.75. The molecule has 0 bridgehead atoms. The molecule has 0 radical (unpaired) electrons. The number of ether oxygens (including phenoxy) is 1. The minimum Gasteiger partial charge on any atom is -0.486 e. The number of halogens is 2. The van der Waals surface area contributed by atoms with Crippen molar-refractivity contribution in [1.82, 2.24) is 0 Å². The summed E-state index contributed by atoms with van der Waals surface area (Å²) in [6.45, 7) is 0.383. The molecule has 0 spiro atoms. The lowest BCUT2D eigenvalue weighted by molar-refractivity contribution is 0.305. The Morgan fingerprint density at radius 2 is 1.71 bits per heavy atom. The molecule has 2 rings (SSSR count). The molecule has 1 N–H and O–H groups in total. The van der Waals surface area contributed by atoms with E-state index in [-0.39, 0.29) is 6.61 Å². The van der Waals surface area contributed by atoms with Crippen molar-refractivity contribution in [2.45, 2.75) is 13.0 Å². The third kappa shape index (κ3) is 4.41. The van der Waals surface area contributed by atoms with Gasteiger partial charge in [0.15, 0.2) is 5.75 Å². The van der Waals surface area contributed by atoms with Gasteiger partial charge in [0.2, 0.25) is 0 Å². The summed E-state index contributed by atoms with van der Waals surface area (Å²) < 4.78 is 5.72. The molecule has 21 heavy (non-hydrogen) atoms. The van der Waals surface area contributed by atoms with E-state index in [9.17, 15) is 0 Å². The lowest BCUT2D eigenvalue weighted by atomic mass is 10.1. The average molecular weight is 321 g/mol. The molecule has 4 heteroatoms. The van der Waals surface area contributed by atoms with E-state index >= 15 is 0 Å². The van der Waals surface area contributed by atoms with Crippen LogP contribution in [0.2, 0.25) is 10.0 Å². The second-order valence-electron chi connectivity index (χ2n) is 4.27. The highest BCUT2D eigenvalue weighted by Crippen LogP contribution is 2.33. The van der Waals surface area contributed by atoms with Crippen molar-refractivity contribution in [3.63, 3.8) is 0 Å². The smallest absolute Gasteiger partial charge is 0.156 e. The molecule has 0 heterocycles. The quantitative estimate of drug-likeness (QED) is 0.851. The zero-order chi connectivity index (χ0) is 15.1. The fraction of sp³-hybridized carbons (Fsp3) is 0.176. The first-order valence-corrected chi connectivity index (χ1v) is 7.22. The normalized spacial score (nSPS) is 9.86. The predicted octanol–water partition coefficient (Wildman–Crippen LogP) is 4.31. The number of hydrogen-bond acceptors (Lipinski definition) is 2. The fourth-order valence-corrected chi connectivity index (χ4v) is 2.26. The van der Waals surface area contributed by atoms with E-state index in [4.69, 9.17) is 33.0 Å². The van der Waals surface area contributed by atoms with Crippen LogP contribution in [0.15, 0.2) is 42.5 Å². The molecule has 0 unspecified atom stereocenters. The van der Waals surface area contributed by atoms with Gasteiger partial charge in [-0.1, -0.05) is 59.3 Å². The summed E-state index contributed by atoms with van der Waals surface area (Å²) in [5.41, 5.74) is 1.81. The largest absolute Gasteiger partial charge is 0.486 e. The highest BCUT2D eigenvalue weighted by molar-refractivity contribution is 6.37.